The van der Waals surface area contributed by atoms with E-state index in [1.807, 2.05) is 0 Å². The molecular weight excluding hydrogens is 230 g/mol. The lowest BCUT2D eigenvalue weighted by Crippen LogP contribution is -2.09. The Balaban J connectivity index is 2.58. The first kappa shape index (κ1) is 10.6. The van der Waals surface area contributed by atoms with Gasteiger partial charge in [-0.05, 0) is 0 Å². The standard InChI is InChI=1S/C8H9N5O2S/c1-13(2)3-9-7-10-5-4(6(14)12-7)16-8(15)11-5/h3H,1-2H3,(H2,10,11,12,14,15). The molecule has 2 rings (SSSR count). The average molecular weight is 239 g/mol. The summed E-state index contributed by atoms with van der Waals surface area (Å²) in [7, 11) is 3.60. The van der Waals surface area contributed by atoms with Gasteiger partial charge in [0.05, 0.1) is 6.34 Å². The third-order valence-electron chi connectivity index (χ3n) is 1.69. The van der Waals surface area contributed by atoms with Crippen LogP contribution in [0.15, 0.2) is 14.6 Å². The molecule has 84 valence electrons. The summed E-state index contributed by atoms with van der Waals surface area (Å²) in [5.41, 5.74) is -0.0936. The fourth-order valence-corrected chi connectivity index (χ4v) is 1.75. The Morgan fingerprint density at radius 3 is 2.81 bits per heavy atom. The van der Waals surface area contributed by atoms with E-state index in [1.54, 1.807) is 19.0 Å². The molecule has 16 heavy (non-hydrogen) atoms. The number of rotatable bonds is 2. The maximum Gasteiger partial charge on any atom is 0.306 e. The summed E-state index contributed by atoms with van der Waals surface area (Å²) in [4.78, 5) is 36.9. The van der Waals surface area contributed by atoms with Crippen LogP contribution in [-0.2, 0) is 0 Å². The largest absolute Gasteiger partial charge is 0.369 e. The zero-order chi connectivity index (χ0) is 11.7. The highest BCUT2D eigenvalue weighted by molar-refractivity contribution is 7.16. The molecule has 0 fully saturated rings. The normalized spacial score (nSPS) is 11.4. The molecule has 8 heteroatoms. The lowest BCUT2D eigenvalue weighted by molar-refractivity contribution is 0.642. The number of H-pyrrole nitrogens is 2. The molecule has 2 heterocycles. The molecule has 7 nitrogen and oxygen atoms in total. The molecule has 0 unspecified atom stereocenters. The third kappa shape index (κ3) is 2.01. The summed E-state index contributed by atoms with van der Waals surface area (Å²) in [5, 5.41) is 0. The van der Waals surface area contributed by atoms with Crippen LogP contribution in [0.1, 0.15) is 0 Å². The molecule has 2 N–H and O–H groups in total. The van der Waals surface area contributed by atoms with Crippen molar-refractivity contribution in [2.45, 2.75) is 0 Å². The summed E-state index contributed by atoms with van der Waals surface area (Å²) in [6.07, 6.45) is 1.51. The summed E-state index contributed by atoms with van der Waals surface area (Å²) < 4.78 is 0.286. The number of nitrogens with one attached hydrogen (secondary N) is 2. The lowest BCUT2D eigenvalue weighted by atomic mass is 10.6. The van der Waals surface area contributed by atoms with Crippen molar-refractivity contribution >= 4 is 34.0 Å². The fourth-order valence-electron chi connectivity index (χ4n) is 1.08. The van der Waals surface area contributed by atoms with Gasteiger partial charge in [-0.1, -0.05) is 11.3 Å². The van der Waals surface area contributed by atoms with Crippen LogP contribution < -0.4 is 10.4 Å². The second-order valence-electron chi connectivity index (χ2n) is 3.29. The first-order chi connectivity index (χ1) is 7.56. The highest BCUT2D eigenvalue weighted by Gasteiger charge is 2.06. The minimum atomic E-state index is -0.362. The summed E-state index contributed by atoms with van der Waals surface area (Å²) >= 11 is 0.832. The van der Waals surface area contributed by atoms with Gasteiger partial charge in [0.2, 0.25) is 5.95 Å². The fraction of sp³-hybridized carbons (Fsp3) is 0.250. The molecule has 0 radical (unpaired) electrons. The molecule has 2 aromatic heterocycles. The van der Waals surface area contributed by atoms with Crippen molar-refractivity contribution in [3.8, 4) is 0 Å². The SMILES string of the molecule is CN(C)C=Nc1nc2[nH]c(=O)sc2c(=O)[nH]1. The maximum atomic E-state index is 11.5. The number of hydrogen-bond donors (Lipinski definition) is 2. The van der Waals surface area contributed by atoms with Crippen molar-refractivity contribution in [2.24, 2.45) is 4.99 Å². The number of aromatic amines is 2. The predicted molar refractivity (Wildman–Crippen MR) is 62.7 cm³/mol. The number of fused-ring (bicyclic) bond motifs is 1. The summed E-state index contributed by atoms with van der Waals surface area (Å²) in [5.74, 6) is 0.167. The van der Waals surface area contributed by atoms with Crippen molar-refractivity contribution in [2.75, 3.05) is 14.1 Å². The van der Waals surface area contributed by atoms with Crippen LogP contribution in [-0.4, -0.2) is 40.3 Å². The van der Waals surface area contributed by atoms with Crippen LogP contribution in [0.25, 0.3) is 10.3 Å². The van der Waals surface area contributed by atoms with Gasteiger partial charge in [-0.2, -0.15) is 4.98 Å². The molecule has 2 aromatic rings. The summed E-state index contributed by atoms with van der Waals surface area (Å²) in [6, 6.07) is 0. The van der Waals surface area contributed by atoms with Gasteiger partial charge in [0.15, 0.2) is 5.65 Å². The van der Waals surface area contributed by atoms with E-state index in [2.05, 4.69) is 19.9 Å². The highest BCUT2D eigenvalue weighted by Crippen LogP contribution is 2.09. The van der Waals surface area contributed by atoms with E-state index in [-0.39, 0.29) is 26.7 Å². The lowest BCUT2D eigenvalue weighted by Gasteiger charge is -2.01. The minimum Gasteiger partial charge on any atom is -0.369 e. The van der Waals surface area contributed by atoms with Gasteiger partial charge in [0.1, 0.15) is 4.70 Å². The van der Waals surface area contributed by atoms with Gasteiger partial charge in [-0.3, -0.25) is 19.6 Å². The van der Waals surface area contributed by atoms with Crippen molar-refractivity contribution in [1.82, 2.24) is 19.9 Å². The highest BCUT2D eigenvalue weighted by atomic mass is 32.1. The second-order valence-corrected chi connectivity index (χ2v) is 4.27. The van der Waals surface area contributed by atoms with Gasteiger partial charge < -0.3 is 4.90 Å². The van der Waals surface area contributed by atoms with Gasteiger partial charge in [0.25, 0.3) is 5.56 Å². The number of nitrogens with zero attached hydrogens (tertiary/aromatic N) is 3. The molecule has 0 aliphatic heterocycles. The van der Waals surface area contributed by atoms with E-state index in [0.29, 0.717) is 0 Å². The Morgan fingerprint density at radius 2 is 2.12 bits per heavy atom. The first-order valence-corrected chi connectivity index (χ1v) is 5.21. The van der Waals surface area contributed by atoms with Crippen LogP contribution >= 0.6 is 11.3 Å². The number of hydrogen-bond acceptors (Lipinski definition) is 5. The molecule has 0 bridgehead atoms. The molecule has 0 aromatic carbocycles. The minimum absolute atomic E-state index is 0.167. The first-order valence-electron chi connectivity index (χ1n) is 4.40. The molecule has 0 amide bonds. The number of aromatic nitrogens is 3. The Kier molecular flexibility index (Phi) is 2.57. The van der Waals surface area contributed by atoms with E-state index >= 15 is 0 Å². The van der Waals surface area contributed by atoms with E-state index < -0.39 is 0 Å². The maximum absolute atomic E-state index is 11.5. The molecular formula is C8H9N5O2S. The quantitative estimate of drug-likeness (QED) is 0.565. The number of thiazole rings is 1. The molecule has 0 atom stereocenters. The van der Waals surface area contributed by atoms with Crippen molar-refractivity contribution in [3.05, 3.63) is 20.0 Å². The number of aliphatic imine (C=N–C) groups is 1. The Labute approximate surface area is 93.5 Å². The zero-order valence-corrected chi connectivity index (χ0v) is 9.46. The van der Waals surface area contributed by atoms with E-state index in [0.717, 1.165) is 11.3 Å². The van der Waals surface area contributed by atoms with E-state index in [1.165, 1.54) is 6.34 Å². The molecule has 0 aliphatic carbocycles. The van der Waals surface area contributed by atoms with Crippen LogP contribution in [0.5, 0.6) is 0 Å². The van der Waals surface area contributed by atoms with Crippen LogP contribution in [0.2, 0.25) is 0 Å². The van der Waals surface area contributed by atoms with Crippen molar-refractivity contribution < 1.29 is 0 Å². The third-order valence-corrected chi connectivity index (χ3v) is 2.56. The van der Waals surface area contributed by atoms with E-state index in [4.69, 9.17) is 0 Å². The Morgan fingerprint density at radius 1 is 1.38 bits per heavy atom. The smallest absolute Gasteiger partial charge is 0.306 e. The van der Waals surface area contributed by atoms with Gasteiger partial charge >= 0.3 is 4.87 Å². The molecule has 0 saturated carbocycles. The predicted octanol–water partition coefficient (Wildman–Crippen LogP) is -0.106. The summed E-state index contributed by atoms with van der Waals surface area (Å²) in [6.45, 7) is 0. The average Bonchev–Trinajstić information content (AvgIpc) is 2.56. The van der Waals surface area contributed by atoms with Crippen LogP contribution in [0.3, 0.4) is 0 Å². The van der Waals surface area contributed by atoms with Gasteiger partial charge in [-0.25, -0.2) is 4.99 Å². The van der Waals surface area contributed by atoms with Crippen molar-refractivity contribution in [3.63, 3.8) is 0 Å². The van der Waals surface area contributed by atoms with Gasteiger partial charge in [-0.15, -0.1) is 0 Å². The monoisotopic (exact) mass is 239 g/mol. The molecule has 0 saturated heterocycles. The van der Waals surface area contributed by atoms with Crippen molar-refractivity contribution in [1.29, 1.82) is 0 Å². The Hall–Kier alpha value is -1.96. The van der Waals surface area contributed by atoms with Crippen LogP contribution in [0.4, 0.5) is 5.95 Å². The van der Waals surface area contributed by atoms with Crippen LogP contribution in [0, 0.1) is 0 Å². The molecule has 0 spiro atoms. The zero-order valence-electron chi connectivity index (χ0n) is 8.64. The molecule has 0 aliphatic rings. The second kappa shape index (κ2) is 3.89. The Bertz CT molecular complexity index is 650. The topological polar surface area (TPSA) is 94.2 Å². The van der Waals surface area contributed by atoms with Gasteiger partial charge in [0, 0.05) is 14.1 Å². The van der Waals surface area contributed by atoms with E-state index in [9.17, 15) is 9.59 Å².